The Labute approximate surface area is 333 Å². The van der Waals surface area contributed by atoms with E-state index >= 15 is 0 Å². The van der Waals surface area contributed by atoms with E-state index in [1.54, 1.807) is 0 Å². The molecule has 0 radical (unpaired) electrons. The first kappa shape index (κ1) is 32.4. The van der Waals surface area contributed by atoms with Gasteiger partial charge in [0.25, 0.3) is 0 Å². The Morgan fingerprint density at radius 3 is 1.38 bits per heavy atom. The van der Waals surface area contributed by atoms with E-state index in [0.717, 1.165) is 33.5 Å². The van der Waals surface area contributed by atoms with E-state index in [1.165, 1.54) is 59.9 Å². The van der Waals surface area contributed by atoms with Crippen molar-refractivity contribution in [2.24, 2.45) is 0 Å². The summed E-state index contributed by atoms with van der Waals surface area (Å²) in [6, 6.07) is 71.0. The van der Waals surface area contributed by atoms with Gasteiger partial charge in [-0.3, -0.25) is 0 Å². The Balaban J connectivity index is 0.958. The summed E-state index contributed by atoms with van der Waals surface area (Å²) in [4.78, 5) is 14.7. The van der Waals surface area contributed by atoms with Gasteiger partial charge in [0.15, 0.2) is 17.5 Å². The van der Waals surface area contributed by atoms with Gasteiger partial charge in [-0.25, -0.2) is 15.0 Å². The van der Waals surface area contributed by atoms with Crippen molar-refractivity contribution in [3.05, 3.63) is 200 Å². The van der Waals surface area contributed by atoms with Gasteiger partial charge >= 0.3 is 0 Å². The molecule has 0 saturated carbocycles. The molecule has 0 aliphatic carbocycles. The third kappa shape index (κ3) is 5.07. The van der Waals surface area contributed by atoms with Crippen LogP contribution in [0.15, 0.2) is 200 Å². The van der Waals surface area contributed by atoms with E-state index in [1.807, 2.05) is 60.7 Å². The number of para-hydroxylation sites is 3. The summed E-state index contributed by atoms with van der Waals surface area (Å²) in [5.74, 6) is 1.95. The maximum Gasteiger partial charge on any atom is 0.164 e. The van der Waals surface area contributed by atoms with Crippen molar-refractivity contribution >= 4 is 59.9 Å². The highest BCUT2D eigenvalue weighted by Crippen LogP contribution is 2.40. The minimum Gasteiger partial charge on any atom is -0.309 e. The third-order valence-corrected chi connectivity index (χ3v) is 11.5. The van der Waals surface area contributed by atoms with Gasteiger partial charge in [0.05, 0.1) is 27.6 Å². The van der Waals surface area contributed by atoms with Crippen LogP contribution in [0.5, 0.6) is 0 Å². The maximum atomic E-state index is 4.93. The highest BCUT2D eigenvalue weighted by molar-refractivity contribution is 6.22. The molecular weight excluding hydrogens is 707 g/mol. The monoisotopic (exact) mass is 739 g/mol. The third-order valence-electron chi connectivity index (χ3n) is 11.5. The summed E-state index contributed by atoms with van der Waals surface area (Å²) in [7, 11) is 0. The van der Waals surface area contributed by atoms with Crippen molar-refractivity contribution < 1.29 is 0 Å². The fourth-order valence-electron chi connectivity index (χ4n) is 8.79. The van der Waals surface area contributed by atoms with Gasteiger partial charge in [0.1, 0.15) is 0 Å². The number of hydrogen-bond donors (Lipinski definition) is 0. The largest absolute Gasteiger partial charge is 0.309 e. The summed E-state index contributed by atoms with van der Waals surface area (Å²) in [5, 5.41) is 7.49. The average molecular weight is 740 g/mol. The van der Waals surface area contributed by atoms with Crippen LogP contribution in [-0.4, -0.2) is 23.9 Å². The van der Waals surface area contributed by atoms with Crippen LogP contribution >= 0.6 is 0 Å². The number of pyridine rings is 1. The molecule has 58 heavy (non-hydrogen) atoms. The van der Waals surface area contributed by atoms with Gasteiger partial charge in [-0.05, 0) is 65.0 Å². The van der Waals surface area contributed by atoms with Crippen molar-refractivity contribution in [1.82, 2.24) is 23.9 Å². The second-order valence-corrected chi connectivity index (χ2v) is 14.9. The normalized spacial score (nSPS) is 11.8. The SMILES string of the molecule is c1ccc(-c2nc(-c3ccccc3)nc(-c3ccc(-c4ccc(-n5c6ccccc6c6cc7c(cc65)c5ccccc5n5c6ccccc6cc75)cc4)cc3)n2)cc1. The van der Waals surface area contributed by atoms with Gasteiger partial charge in [0, 0.05) is 49.3 Å². The Morgan fingerprint density at radius 2 is 0.741 bits per heavy atom. The van der Waals surface area contributed by atoms with E-state index in [0.29, 0.717) is 17.5 Å². The van der Waals surface area contributed by atoms with Crippen LogP contribution in [0.25, 0.3) is 111 Å². The lowest BCUT2D eigenvalue weighted by Crippen LogP contribution is -2.00. The second kappa shape index (κ2) is 12.8. The average Bonchev–Trinajstić information content (AvgIpc) is 3.85. The van der Waals surface area contributed by atoms with Gasteiger partial charge in [-0.15, -0.1) is 0 Å². The van der Waals surface area contributed by atoms with Crippen molar-refractivity contribution in [2.75, 3.05) is 0 Å². The molecule has 0 aliphatic heterocycles. The van der Waals surface area contributed by atoms with E-state index in [-0.39, 0.29) is 0 Å². The highest BCUT2D eigenvalue weighted by Gasteiger charge is 2.18. The van der Waals surface area contributed by atoms with Gasteiger partial charge in [-0.1, -0.05) is 152 Å². The zero-order chi connectivity index (χ0) is 38.2. The molecule has 0 N–H and O–H groups in total. The lowest BCUT2D eigenvalue weighted by atomic mass is 10.0. The molecule has 270 valence electrons. The Bertz CT molecular complexity index is 3470. The van der Waals surface area contributed by atoms with E-state index in [2.05, 4.69) is 148 Å². The zero-order valence-corrected chi connectivity index (χ0v) is 31.3. The molecule has 0 bridgehead atoms. The maximum absolute atomic E-state index is 4.93. The molecule has 0 aliphatic rings. The number of hydrogen-bond acceptors (Lipinski definition) is 3. The van der Waals surface area contributed by atoms with E-state index in [9.17, 15) is 0 Å². The zero-order valence-electron chi connectivity index (χ0n) is 31.3. The van der Waals surface area contributed by atoms with Crippen molar-refractivity contribution in [2.45, 2.75) is 0 Å². The number of aromatic nitrogens is 5. The highest BCUT2D eigenvalue weighted by atomic mass is 15.0. The first-order valence-electron chi connectivity index (χ1n) is 19.6. The van der Waals surface area contributed by atoms with Crippen molar-refractivity contribution in [3.63, 3.8) is 0 Å². The molecule has 0 amide bonds. The quantitative estimate of drug-likeness (QED) is 0.165. The molecule has 4 heterocycles. The summed E-state index contributed by atoms with van der Waals surface area (Å²) in [6.07, 6.45) is 0. The molecule has 12 rings (SSSR count). The van der Waals surface area contributed by atoms with Crippen LogP contribution in [0.4, 0.5) is 0 Å². The summed E-state index contributed by atoms with van der Waals surface area (Å²) in [6.45, 7) is 0. The summed E-state index contributed by atoms with van der Waals surface area (Å²) < 4.78 is 4.84. The topological polar surface area (TPSA) is 48.0 Å². The second-order valence-electron chi connectivity index (χ2n) is 14.9. The molecule has 5 heteroatoms. The molecule has 5 nitrogen and oxygen atoms in total. The minimum atomic E-state index is 0.646. The van der Waals surface area contributed by atoms with Crippen LogP contribution < -0.4 is 0 Å². The fourth-order valence-corrected chi connectivity index (χ4v) is 8.79. The van der Waals surface area contributed by atoms with Crippen LogP contribution in [0.2, 0.25) is 0 Å². The number of benzene rings is 8. The predicted molar refractivity (Wildman–Crippen MR) is 239 cm³/mol. The standard InChI is InChI=1S/C53H33N5/c1-3-13-36(14-4-1)51-54-52(37-15-5-2-6-16-37)56-53(55-51)38-25-23-34(24-26-38)35-27-29-40(30-28-35)57-47-21-11-9-19-42(47)44-32-45-43(33-50(44)57)41-18-8-12-22-48(41)58-46-20-10-7-17-39(46)31-49(45)58/h1-33H. The molecule has 8 aromatic carbocycles. The van der Waals surface area contributed by atoms with E-state index < -0.39 is 0 Å². The van der Waals surface area contributed by atoms with Crippen LogP contribution in [0.3, 0.4) is 0 Å². The van der Waals surface area contributed by atoms with Crippen LogP contribution in [-0.2, 0) is 0 Å². The molecule has 0 fully saturated rings. The van der Waals surface area contributed by atoms with E-state index in [4.69, 9.17) is 15.0 Å². The first-order chi connectivity index (χ1) is 28.7. The van der Waals surface area contributed by atoms with Crippen molar-refractivity contribution in [3.8, 4) is 51.0 Å². The van der Waals surface area contributed by atoms with Crippen molar-refractivity contribution in [1.29, 1.82) is 0 Å². The van der Waals surface area contributed by atoms with Gasteiger partial charge in [-0.2, -0.15) is 0 Å². The molecule has 4 aromatic heterocycles. The molecule has 0 unspecified atom stereocenters. The summed E-state index contributed by atoms with van der Waals surface area (Å²) >= 11 is 0. The predicted octanol–water partition coefficient (Wildman–Crippen LogP) is 13.3. The Morgan fingerprint density at radius 1 is 0.276 bits per heavy atom. The molecule has 0 atom stereocenters. The van der Waals surface area contributed by atoms with Gasteiger partial charge in [0.2, 0.25) is 0 Å². The lowest BCUT2D eigenvalue weighted by Gasteiger charge is -2.13. The van der Waals surface area contributed by atoms with Crippen LogP contribution in [0, 0.1) is 0 Å². The lowest BCUT2D eigenvalue weighted by molar-refractivity contribution is 1.07. The fraction of sp³-hybridized carbons (Fsp3) is 0. The van der Waals surface area contributed by atoms with Gasteiger partial charge < -0.3 is 8.97 Å². The first-order valence-corrected chi connectivity index (χ1v) is 19.6. The minimum absolute atomic E-state index is 0.646. The summed E-state index contributed by atoms with van der Waals surface area (Å²) in [5.41, 5.74) is 12.3. The Hall–Kier alpha value is -7.89. The number of nitrogens with zero attached hydrogens (tertiary/aromatic N) is 5. The molecule has 0 spiro atoms. The molecule has 0 saturated heterocycles. The Kier molecular flexibility index (Phi) is 7.16. The molecule has 12 aromatic rings. The van der Waals surface area contributed by atoms with Crippen LogP contribution in [0.1, 0.15) is 0 Å². The number of rotatable bonds is 5. The smallest absolute Gasteiger partial charge is 0.164 e. The molecular formula is C53H33N5. The number of fused-ring (bicyclic) bond motifs is 11.